The minimum absolute atomic E-state index is 0.158. The van der Waals surface area contributed by atoms with E-state index in [-0.39, 0.29) is 17.9 Å². The highest BCUT2D eigenvalue weighted by molar-refractivity contribution is 5.99. The van der Waals surface area contributed by atoms with Gasteiger partial charge in [0.2, 0.25) is 5.82 Å². The number of nitrogens with zero attached hydrogens (tertiary/aromatic N) is 5. The zero-order valence-electron chi connectivity index (χ0n) is 14.0. The molecule has 26 heavy (non-hydrogen) atoms. The summed E-state index contributed by atoms with van der Waals surface area (Å²) in [7, 11) is 0. The van der Waals surface area contributed by atoms with Crippen LogP contribution in [-0.2, 0) is 13.1 Å². The van der Waals surface area contributed by atoms with Gasteiger partial charge in [0.15, 0.2) is 5.78 Å². The van der Waals surface area contributed by atoms with Gasteiger partial charge in [-0.1, -0.05) is 37.3 Å². The number of nitrogens with two attached hydrogens (primary N) is 1. The predicted molar refractivity (Wildman–Crippen MR) is 93.6 cm³/mol. The first-order valence-electron chi connectivity index (χ1n) is 8.00. The van der Waals surface area contributed by atoms with Crippen molar-refractivity contribution in [3.8, 4) is 11.4 Å². The molecule has 0 spiro atoms. The maximum absolute atomic E-state index is 12.5. The van der Waals surface area contributed by atoms with E-state index in [4.69, 9.17) is 5.73 Å². The number of H-pyrrole nitrogens is 1. The van der Waals surface area contributed by atoms with Crippen LogP contribution < -0.4 is 17.0 Å². The molecule has 0 radical (unpaired) electrons. The van der Waals surface area contributed by atoms with Gasteiger partial charge in [0.1, 0.15) is 17.9 Å². The fraction of sp³-hybridized carbons (Fsp3) is 0.250. The third-order valence-corrected chi connectivity index (χ3v) is 3.74. The molecule has 0 bridgehead atoms. The number of nitrogen functional groups attached to an aromatic ring is 1. The third kappa shape index (κ3) is 3.29. The Morgan fingerprint density at radius 1 is 1.23 bits per heavy atom. The van der Waals surface area contributed by atoms with E-state index < -0.39 is 17.0 Å². The number of hydrogen-bond donors (Lipinski definition) is 2. The summed E-state index contributed by atoms with van der Waals surface area (Å²) in [6.07, 6.45) is 0.620. The average Bonchev–Trinajstić information content (AvgIpc) is 3.07. The monoisotopic (exact) mass is 355 g/mol. The molecule has 2 aromatic heterocycles. The number of nitrogens with one attached hydrogen (secondary N) is 1. The highest BCUT2D eigenvalue weighted by Gasteiger charge is 2.20. The lowest BCUT2D eigenvalue weighted by molar-refractivity contribution is 0.0960. The van der Waals surface area contributed by atoms with Crippen LogP contribution in [0.25, 0.3) is 11.4 Å². The number of aromatic amines is 1. The quantitative estimate of drug-likeness (QED) is 0.596. The predicted octanol–water partition coefficient (Wildman–Crippen LogP) is 0.0652. The summed E-state index contributed by atoms with van der Waals surface area (Å²) in [5.74, 6) is -0.407. The van der Waals surface area contributed by atoms with E-state index in [1.807, 2.05) is 37.3 Å². The number of aromatic nitrogens is 6. The summed E-state index contributed by atoms with van der Waals surface area (Å²) < 4.78 is 1.17. The Morgan fingerprint density at radius 3 is 2.65 bits per heavy atom. The average molecular weight is 355 g/mol. The van der Waals surface area contributed by atoms with Gasteiger partial charge in [0.05, 0.1) is 0 Å². The van der Waals surface area contributed by atoms with E-state index in [0.29, 0.717) is 18.8 Å². The second kappa shape index (κ2) is 7.13. The zero-order valence-corrected chi connectivity index (χ0v) is 14.0. The van der Waals surface area contributed by atoms with Crippen LogP contribution >= 0.6 is 0 Å². The SMILES string of the molecule is CCCn1c(N)c(C(=O)Cn2nnc(-c3ccccc3)n2)c(=O)[nH]c1=O. The van der Waals surface area contributed by atoms with Crippen LogP contribution in [0.4, 0.5) is 5.82 Å². The molecule has 0 unspecified atom stereocenters. The Hall–Kier alpha value is -3.56. The van der Waals surface area contributed by atoms with Gasteiger partial charge in [0, 0.05) is 12.1 Å². The van der Waals surface area contributed by atoms with E-state index in [9.17, 15) is 14.4 Å². The second-order valence-corrected chi connectivity index (χ2v) is 5.60. The Bertz CT molecular complexity index is 1050. The van der Waals surface area contributed by atoms with Gasteiger partial charge < -0.3 is 5.73 Å². The molecule has 10 heteroatoms. The van der Waals surface area contributed by atoms with E-state index >= 15 is 0 Å². The molecule has 134 valence electrons. The molecule has 3 rings (SSSR count). The molecular formula is C16H17N7O3. The normalized spacial score (nSPS) is 10.8. The Balaban J connectivity index is 1.90. The molecule has 0 aliphatic rings. The Morgan fingerprint density at radius 2 is 1.96 bits per heavy atom. The number of rotatable bonds is 6. The highest BCUT2D eigenvalue weighted by atomic mass is 16.2. The van der Waals surface area contributed by atoms with Crippen LogP contribution in [0.1, 0.15) is 23.7 Å². The minimum atomic E-state index is -0.826. The van der Waals surface area contributed by atoms with E-state index in [1.54, 1.807) is 0 Å². The molecule has 0 saturated carbocycles. The van der Waals surface area contributed by atoms with Crippen LogP contribution in [0.2, 0.25) is 0 Å². The van der Waals surface area contributed by atoms with Crippen LogP contribution in [0.15, 0.2) is 39.9 Å². The maximum atomic E-state index is 12.5. The van der Waals surface area contributed by atoms with Gasteiger partial charge in [-0.3, -0.25) is 19.1 Å². The molecular weight excluding hydrogens is 338 g/mol. The first-order valence-corrected chi connectivity index (χ1v) is 8.00. The first-order chi connectivity index (χ1) is 12.5. The third-order valence-electron chi connectivity index (χ3n) is 3.74. The molecule has 3 aromatic rings. The molecule has 1 aromatic carbocycles. The van der Waals surface area contributed by atoms with Crippen molar-refractivity contribution in [2.45, 2.75) is 26.4 Å². The van der Waals surface area contributed by atoms with Crippen molar-refractivity contribution in [3.63, 3.8) is 0 Å². The summed E-state index contributed by atoms with van der Waals surface area (Å²) in [5, 5.41) is 11.9. The molecule has 0 atom stereocenters. The molecule has 0 amide bonds. The van der Waals surface area contributed by atoms with Crippen molar-refractivity contribution >= 4 is 11.6 Å². The van der Waals surface area contributed by atoms with Crippen molar-refractivity contribution < 1.29 is 4.79 Å². The van der Waals surface area contributed by atoms with Gasteiger partial charge in [-0.2, -0.15) is 4.80 Å². The summed E-state index contributed by atoms with van der Waals surface area (Å²) in [6.45, 7) is 1.82. The number of tetrazole rings is 1. The van der Waals surface area contributed by atoms with Gasteiger partial charge in [-0.15, -0.1) is 10.2 Å². The van der Waals surface area contributed by atoms with Crippen molar-refractivity contribution in [2.75, 3.05) is 5.73 Å². The number of hydrogen-bond acceptors (Lipinski definition) is 7. The molecule has 0 aliphatic heterocycles. The first kappa shape index (κ1) is 17.3. The number of Topliss-reactive ketones (excluding diaryl/α,β-unsaturated/α-hetero) is 1. The molecule has 0 aliphatic carbocycles. The lowest BCUT2D eigenvalue weighted by Gasteiger charge is -2.10. The van der Waals surface area contributed by atoms with Crippen molar-refractivity contribution in [1.82, 2.24) is 29.8 Å². The van der Waals surface area contributed by atoms with Gasteiger partial charge >= 0.3 is 5.69 Å². The molecule has 2 heterocycles. The van der Waals surface area contributed by atoms with Gasteiger partial charge in [-0.25, -0.2) is 4.79 Å². The van der Waals surface area contributed by atoms with E-state index in [2.05, 4.69) is 20.4 Å². The van der Waals surface area contributed by atoms with Gasteiger partial charge in [-0.05, 0) is 11.6 Å². The zero-order chi connectivity index (χ0) is 18.7. The lowest BCUT2D eigenvalue weighted by atomic mass is 10.2. The lowest BCUT2D eigenvalue weighted by Crippen LogP contribution is -2.37. The van der Waals surface area contributed by atoms with Crippen LogP contribution in [0.3, 0.4) is 0 Å². The smallest absolute Gasteiger partial charge is 0.329 e. The number of carbonyl (C=O) groups excluding carboxylic acids is 1. The topological polar surface area (TPSA) is 142 Å². The number of anilines is 1. The Kier molecular flexibility index (Phi) is 4.74. The molecule has 0 saturated heterocycles. The summed E-state index contributed by atoms with van der Waals surface area (Å²) in [4.78, 5) is 39.6. The van der Waals surface area contributed by atoms with Crippen molar-refractivity contribution in [3.05, 3.63) is 56.7 Å². The molecule has 3 N–H and O–H groups in total. The number of benzene rings is 1. The summed E-state index contributed by atoms with van der Waals surface area (Å²) in [6, 6.07) is 9.15. The Labute approximate surface area is 147 Å². The van der Waals surface area contributed by atoms with E-state index in [1.165, 1.54) is 4.57 Å². The van der Waals surface area contributed by atoms with Crippen molar-refractivity contribution in [2.24, 2.45) is 0 Å². The highest BCUT2D eigenvalue weighted by Crippen LogP contribution is 2.12. The summed E-state index contributed by atoms with van der Waals surface area (Å²) >= 11 is 0. The van der Waals surface area contributed by atoms with Crippen LogP contribution in [-0.4, -0.2) is 35.5 Å². The largest absolute Gasteiger partial charge is 0.384 e. The maximum Gasteiger partial charge on any atom is 0.329 e. The van der Waals surface area contributed by atoms with Crippen LogP contribution in [0.5, 0.6) is 0 Å². The molecule has 0 fully saturated rings. The molecule has 10 nitrogen and oxygen atoms in total. The fourth-order valence-corrected chi connectivity index (χ4v) is 2.52. The van der Waals surface area contributed by atoms with E-state index in [0.717, 1.165) is 10.4 Å². The standard InChI is InChI=1S/C16H17N7O3/c1-2-8-22-13(17)12(15(25)18-16(22)26)11(24)9-23-20-14(19-21-23)10-6-4-3-5-7-10/h3-7H,2,8-9,17H2,1H3,(H,18,25,26). The van der Waals surface area contributed by atoms with Gasteiger partial charge in [0.25, 0.3) is 5.56 Å². The summed E-state index contributed by atoms with van der Waals surface area (Å²) in [5.41, 5.74) is 4.88. The van der Waals surface area contributed by atoms with Crippen molar-refractivity contribution in [1.29, 1.82) is 0 Å². The minimum Gasteiger partial charge on any atom is -0.384 e. The number of ketones is 1. The van der Waals surface area contributed by atoms with Crippen LogP contribution in [0, 0.1) is 0 Å². The fourth-order valence-electron chi connectivity index (χ4n) is 2.52. The number of carbonyl (C=O) groups is 1. The second-order valence-electron chi connectivity index (χ2n) is 5.60.